The molecule has 0 atom stereocenters. The molecule has 1 aromatic rings. The Labute approximate surface area is 137 Å². The van der Waals surface area contributed by atoms with Crippen molar-refractivity contribution in [2.75, 3.05) is 25.0 Å². The van der Waals surface area contributed by atoms with Crippen LogP contribution >= 0.6 is 0 Å². The van der Waals surface area contributed by atoms with Crippen LogP contribution in [0.3, 0.4) is 0 Å². The van der Waals surface area contributed by atoms with E-state index in [2.05, 4.69) is 16.0 Å². The smallest absolute Gasteiger partial charge is 0.251 e. The van der Waals surface area contributed by atoms with Crippen molar-refractivity contribution >= 4 is 17.5 Å². The van der Waals surface area contributed by atoms with Crippen molar-refractivity contribution in [2.45, 2.75) is 32.1 Å². The number of amides is 2. The van der Waals surface area contributed by atoms with Crippen LogP contribution in [0.15, 0.2) is 24.3 Å². The summed E-state index contributed by atoms with van der Waals surface area (Å²) in [7, 11) is 0. The largest absolute Gasteiger partial charge is 0.352 e. The molecule has 1 saturated carbocycles. The third-order valence-electron chi connectivity index (χ3n) is 4.79. The Hall–Kier alpha value is -1.88. The van der Waals surface area contributed by atoms with E-state index in [9.17, 15) is 9.59 Å². The van der Waals surface area contributed by atoms with Crippen molar-refractivity contribution in [3.63, 3.8) is 0 Å². The summed E-state index contributed by atoms with van der Waals surface area (Å²) in [5, 5.41) is 9.11. The fourth-order valence-electron chi connectivity index (χ4n) is 3.18. The van der Waals surface area contributed by atoms with Crippen LogP contribution in [0.4, 0.5) is 5.69 Å². The first-order valence-corrected chi connectivity index (χ1v) is 8.62. The van der Waals surface area contributed by atoms with Gasteiger partial charge in [0.25, 0.3) is 5.91 Å². The lowest BCUT2D eigenvalue weighted by molar-refractivity contribution is -0.120. The molecular weight excluding hydrogens is 290 g/mol. The Kier molecular flexibility index (Phi) is 5.28. The quantitative estimate of drug-likeness (QED) is 0.780. The lowest BCUT2D eigenvalue weighted by Gasteiger charge is -2.27. The summed E-state index contributed by atoms with van der Waals surface area (Å²) in [6.07, 6.45) is 5.45. The molecule has 23 heavy (non-hydrogen) atoms. The predicted octanol–water partition coefficient (Wildman–Crippen LogP) is 2.15. The van der Waals surface area contributed by atoms with Gasteiger partial charge in [0.15, 0.2) is 0 Å². The summed E-state index contributed by atoms with van der Waals surface area (Å²) < 4.78 is 0. The first-order valence-electron chi connectivity index (χ1n) is 8.62. The molecule has 1 saturated heterocycles. The summed E-state index contributed by atoms with van der Waals surface area (Å²) in [4.78, 5) is 24.5. The molecule has 0 radical (unpaired) electrons. The van der Waals surface area contributed by atoms with Crippen molar-refractivity contribution in [1.29, 1.82) is 0 Å². The van der Waals surface area contributed by atoms with Crippen molar-refractivity contribution in [3.8, 4) is 0 Å². The minimum atomic E-state index is -0.0781. The van der Waals surface area contributed by atoms with Gasteiger partial charge in [0.1, 0.15) is 0 Å². The maximum absolute atomic E-state index is 12.3. The Bertz CT molecular complexity index is 563. The number of hydrogen-bond donors (Lipinski definition) is 3. The van der Waals surface area contributed by atoms with Crippen LogP contribution in [-0.4, -0.2) is 31.4 Å². The van der Waals surface area contributed by atoms with E-state index in [1.165, 1.54) is 6.42 Å². The first kappa shape index (κ1) is 16.0. The molecule has 5 heteroatoms. The Morgan fingerprint density at radius 3 is 2.61 bits per heavy atom. The van der Waals surface area contributed by atoms with E-state index in [1.54, 1.807) is 12.1 Å². The normalized spacial score (nSPS) is 19.0. The second-order valence-corrected chi connectivity index (χ2v) is 6.64. The van der Waals surface area contributed by atoms with E-state index in [1.807, 2.05) is 12.1 Å². The number of hydrogen-bond acceptors (Lipinski definition) is 3. The second kappa shape index (κ2) is 7.59. The molecule has 124 valence electrons. The van der Waals surface area contributed by atoms with Gasteiger partial charge in [0, 0.05) is 42.7 Å². The number of carbonyl (C=O) groups excluding carboxylic acids is 2. The summed E-state index contributed by atoms with van der Waals surface area (Å²) in [5.41, 5.74) is 1.30. The monoisotopic (exact) mass is 315 g/mol. The highest BCUT2D eigenvalue weighted by atomic mass is 16.2. The summed E-state index contributed by atoms with van der Waals surface area (Å²) in [5.74, 6) is 0.661. The van der Waals surface area contributed by atoms with Crippen LogP contribution in [-0.2, 0) is 4.79 Å². The molecule has 2 fully saturated rings. The third kappa shape index (κ3) is 4.32. The Morgan fingerprint density at radius 1 is 1.13 bits per heavy atom. The molecule has 0 spiro atoms. The maximum Gasteiger partial charge on any atom is 0.251 e. The highest BCUT2D eigenvalue weighted by molar-refractivity contribution is 5.97. The van der Waals surface area contributed by atoms with Crippen LogP contribution < -0.4 is 16.0 Å². The van der Waals surface area contributed by atoms with Crippen molar-refractivity contribution in [2.24, 2.45) is 11.8 Å². The lowest BCUT2D eigenvalue weighted by atomic mass is 9.88. The zero-order chi connectivity index (χ0) is 16.1. The molecule has 2 amide bonds. The molecule has 5 nitrogen and oxygen atoms in total. The molecule has 3 rings (SSSR count). The van der Waals surface area contributed by atoms with E-state index in [4.69, 9.17) is 0 Å². The van der Waals surface area contributed by atoms with Crippen LogP contribution in [0.25, 0.3) is 0 Å². The molecule has 1 heterocycles. The minimum Gasteiger partial charge on any atom is -0.352 e. The molecule has 0 aromatic heterocycles. The summed E-state index contributed by atoms with van der Waals surface area (Å²) >= 11 is 0. The molecule has 3 N–H and O–H groups in total. The van der Waals surface area contributed by atoms with Gasteiger partial charge in [-0.15, -0.1) is 0 Å². The van der Waals surface area contributed by atoms with Gasteiger partial charge in [0.05, 0.1) is 0 Å². The number of rotatable bonds is 5. The second-order valence-electron chi connectivity index (χ2n) is 6.64. The molecule has 2 aliphatic rings. The van der Waals surface area contributed by atoms with Crippen molar-refractivity contribution < 1.29 is 9.59 Å². The van der Waals surface area contributed by atoms with Gasteiger partial charge in [-0.1, -0.05) is 25.3 Å². The van der Waals surface area contributed by atoms with Gasteiger partial charge >= 0.3 is 0 Å². The van der Waals surface area contributed by atoms with Gasteiger partial charge in [-0.05, 0) is 31.0 Å². The van der Waals surface area contributed by atoms with Gasteiger partial charge in [-0.2, -0.15) is 0 Å². The summed E-state index contributed by atoms with van der Waals surface area (Å²) in [6, 6.07) is 7.20. The maximum atomic E-state index is 12.3. The first-order chi connectivity index (χ1) is 11.2. The molecule has 1 aliphatic carbocycles. The molecule has 1 aliphatic heterocycles. The topological polar surface area (TPSA) is 70.2 Å². The van der Waals surface area contributed by atoms with Crippen LogP contribution in [0.5, 0.6) is 0 Å². The summed E-state index contributed by atoms with van der Waals surface area (Å²) in [6.45, 7) is 2.64. The van der Waals surface area contributed by atoms with E-state index in [0.717, 1.165) is 38.8 Å². The zero-order valence-corrected chi connectivity index (χ0v) is 13.4. The van der Waals surface area contributed by atoms with Gasteiger partial charge in [-0.3, -0.25) is 9.59 Å². The Balaban J connectivity index is 1.55. The number of nitrogens with one attached hydrogen (secondary N) is 3. The fraction of sp³-hybridized carbons (Fsp3) is 0.556. The van der Waals surface area contributed by atoms with E-state index < -0.39 is 0 Å². The van der Waals surface area contributed by atoms with Crippen LogP contribution in [0.1, 0.15) is 42.5 Å². The van der Waals surface area contributed by atoms with Gasteiger partial charge in [0.2, 0.25) is 5.91 Å². The van der Waals surface area contributed by atoms with E-state index >= 15 is 0 Å². The third-order valence-corrected chi connectivity index (χ3v) is 4.79. The molecular formula is C18H25N3O2. The molecule has 1 aromatic carbocycles. The minimum absolute atomic E-state index is 0.0781. The van der Waals surface area contributed by atoms with Crippen molar-refractivity contribution in [3.05, 3.63) is 29.8 Å². The zero-order valence-electron chi connectivity index (χ0n) is 13.4. The van der Waals surface area contributed by atoms with Crippen molar-refractivity contribution in [1.82, 2.24) is 10.6 Å². The highest BCUT2D eigenvalue weighted by Gasteiger charge is 2.21. The van der Waals surface area contributed by atoms with Gasteiger partial charge in [-0.25, -0.2) is 0 Å². The molecule has 0 unspecified atom stereocenters. The average Bonchev–Trinajstić information content (AvgIpc) is 2.54. The number of carbonyl (C=O) groups is 2. The lowest BCUT2D eigenvalue weighted by Crippen LogP contribution is -2.48. The SMILES string of the molecule is O=C(NCC1CNC1)c1cccc(NC(=O)C2CCCCC2)c1. The van der Waals surface area contributed by atoms with E-state index in [-0.39, 0.29) is 17.7 Å². The van der Waals surface area contributed by atoms with Crippen LogP contribution in [0.2, 0.25) is 0 Å². The average molecular weight is 315 g/mol. The van der Waals surface area contributed by atoms with Crippen LogP contribution in [0, 0.1) is 11.8 Å². The standard InChI is InChI=1S/C18H25N3O2/c22-17(20-12-13-10-19-11-13)15-7-4-8-16(9-15)21-18(23)14-5-2-1-3-6-14/h4,7-9,13-14,19H,1-3,5-6,10-12H2,(H,20,22)(H,21,23). The predicted molar refractivity (Wildman–Crippen MR) is 90.3 cm³/mol. The molecule has 0 bridgehead atoms. The van der Waals surface area contributed by atoms with E-state index in [0.29, 0.717) is 23.7 Å². The Morgan fingerprint density at radius 2 is 1.91 bits per heavy atom. The highest BCUT2D eigenvalue weighted by Crippen LogP contribution is 2.25. The fourth-order valence-corrected chi connectivity index (χ4v) is 3.18. The number of anilines is 1. The number of benzene rings is 1. The van der Waals surface area contributed by atoms with Gasteiger partial charge < -0.3 is 16.0 Å².